The van der Waals surface area contributed by atoms with Gasteiger partial charge in [-0.05, 0) is 6.08 Å². The minimum absolute atomic E-state index is 0.342. The Morgan fingerprint density at radius 3 is 2.90 bits per heavy atom. The molecule has 0 aromatic rings. The molecule has 1 rings (SSSR count). The molecule has 0 aromatic carbocycles. The van der Waals surface area contributed by atoms with Crippen LogP contribution in [0.15, 0.2) is 24.0 Å². The molecule has 4 heteroatoms. The van der Waals surface area contributed by atoms with Gasteiger partial charge in [-0.2, -0.15) is 0 Å². The normalized spacial score (nSPS) is 14.7. The van der Waals surface area contributed by atoms with Crippen LogP contribution in [0.4, 0.5) is 0 Å². The lowest BCUT2D eigenvalue weighted by Gasteiger charge is -2.07. The number of rotatable bonds is 1. The Bertz CT molecular complexity index is 196. The molecule has 0 radical (unpaired) electrons. The molecule has 0 aromatic heterocycles. The number of hydrogen-bond donors (Lipinski definition) is 2. The molecule has 0 amide bonds. The summed E-state index contributed by atoms with van der Waals surface area (Å²) < 4.78 is 4.46. The van der Waals surface area contributed by atoms with Crippen LogP contribution in [0, 0.1) is 0 Å². The standard InChI is InChI=1S/C6H8N2O2/c1-10-6(9)5-2-3-7-8-4-5/h2-4,7-8H,1H3. The molecule has 1 aliphatic rings. The van der Waals surface area contributed by atoms with Crippen molar-refractivity contribution in [1.29, 1.82) is 0 Å². The molecule has 1 aliphatic heterocycles. The lowest BCUT2D eigenvalue weighted by molar-refractivity contribution is -0.135. The SMILES string of the molecule is COC(=O)C1=CNNC=C1. The number of ether oxygens (including phenoxy) is 1. The van der Waals surface area contributed by atoms with E-state index in [9.17, 15) is 4.79 Å². The number of carbonyl (C=O) groups is 1. The molecule has 0 aliphatic carbocycles. The van der Waals surface area contributed by atoms with E-state index >= 15 is 0 Å². The molecule has 0 atom stereocenters. The molecular formula is C6H8N2O2. The zero-order valence-electron chi connectivity index (χ0n) is 5.55. The van der Waals surface area contributed by atoms with Crippen molar-refractivity contribution in [3.05, 3.63) is 24.0 Å². The lowest BCUT2D eigenvalue weighted by Crippen LogP contribution is -2.25. The van der Waals surface area contributed by atoms with Gasteiger partial charge in [0, 0.05) is 12.4 Å². The van der Waals surface area contributed by atoms with E-state index in [1.54, 1.807) is 12.3 Å². The van der Waals surface area contributed by atoms with Crippen molar-refractivity contribution in [2.24, 2.45) is 0 Å². The fourth-order valence-electron chi connectivity index (χ4n) is 0.592. The van der Waals surface area contributed by atoms with Crippen molar-refractivity contribution in [2.45, 2.75) is 0 Å². The van der Waals surface area contributed by atoms with Crippen LogP contribution in [0.2, 0.25) is 0 Å². The first-order valence-corrected chi connectivity index (χ1v) is 2.80. The molecular weight excluding hydrogens is 132 g/mol. The molecule has 1 heterocycles. The van der Waals surface area contributed by atoms with E-state index < -0.39 is 0 Å². The van der Waals surface area contributed by atoms with E-state index in [-0.39, 0.29) is 5.97 Å². The fraction of sp³-hybridized carbons (Fsp3) is 0.167. The van der Waals surface area contributed by atoms with E-state index in [2.05, 4.69) is 15.6 Å². The first-order chi connectivity index (χ1) is 4.84. The molecule has 0 saturated carbocycles. The van der Waals surface area contributed by atoms with Crippen molar-refractivity contribution < 1.29 is 9.53 Å². The summed E-state index contributed by atoms with van der Waals surface area (Å²) in [5.41, 5.74) is 5.83. The first-order valence-electron chi connectivity index (χ1n) is 2.80. The third kappa shape index (κ3) is 1.28. The number of hydrazine groups is 1. The lowest BCUT2D eigenvalue weighted by atomic mass is 10.3. The highest BCUT2D eigenvalue weighted by Gasteiger charge is 2.06. The van der Waals surface area contributed by atoms with Gasteiger partial charge in [-0.1, -0.05) is 0 Å². The molecule has 4 nitrogen and oxygen atoms in total. The number of esters is 1. The van der Waals surface area contributed by atoms with Crippen LogP contribution in [0.1, 0.15) is 0 Å². The van der Waals surface area contributed by atoms with E-state index in [0.717, 1.165) is 0 Å². The van der Waals surface area contributed by atoms with Gasteiger partial charge in [0.15, 0.2) is 0 Å². The smallest absolute Gasteiger partial charge is 0.339 e. The van der Waals surface area contributed by atoms with Crippen molar-refractivity contribution in [1.82, 2.24) is 10.9 Å². The number of hydrogen-bond acceptors (Lipinski definition) is 4. The summed E-state index contributed by atoms with van der Waals surface area (Å²) in [6.45, 7) is 0. The molecule has 0 bridgehead atoms. The Kier molecular flexibility index (Phi) is 1.94. The Morgan fingerprint density at radius 1 is 1.60 bits per heavy atom. The zero-order valence-corrected chi connectivity index (χ0v) is 5.55. The molecule has 2 N–H and O–H groups in total. The van der Waals surface area contributed by atoms with Crippen LogP contribution in [0.3, 0.4) is 0 Å². The Hall–Kier alpha value is -1.45. The predicted molar refractivity (Wildman–Crippen MR) is 35.5 cm³/mol. The third-order valence-electron chi connectivity index (χ3n) is 1.08. The van der Waals surface area contributed by atoms with Crippen molar-refractivity contribution in [3.8, 4) is 0 Å². The molecule has 10 heavy (non-hydrogen) atoms. The summed E-state index contributed by atoms with van der Waals surface area (Å²) in [7, 11) is 1.35. The van der Waals surface area contributed by atoms with Gasteiger partial charge in [0.2, 0.25) is 0 Å². The molecule has 0 fully saturated rings. The average Bonchev–Trinajstić information content (AvgIpc) is 2.05. The van der Waals surface area contributed by atoms with Gasteiger partial charge in [0.1, 0.15) is 0 Å². The van der Waals surface area contributed by atoms with Crippen LogP contribution < -0.4 is 10.9 Å². The molecule has 0 unspecified atom stereocenters. The monoisotopic (exact) mass is 140 g/mol. The Labute approximate surface area is 58.5 Å². The quantitative estimate of drug-likeness (QED) is 0.489. The second kappa shape index (κ2) is 2.91. The van der Waals surface area contributed by atoms with Crippen LogP contribution in [-0.2, 0) is 9.53 Å². The Balaban J connectivity index is 2.63. The summed E-state index contributed by atoms with van der Waals surface area (Å²) in [4.78, 5) is 10.8. The third-order valence-corrected chi connectivity index (χ3v) is 1.08. The van der Waals surface area contributed by atoms with Gasteiger partial charge < -0.3 is 15.6 Å². The molecule has 54 valence electrons. The highest BCUT2D eigenvalue weighted by atomic mass is 16.5. The highest BCUT2D eigenvalue weighted by Crippen LogP contribution is 1.98. The minimum Gasteiger partial charge on any atom is -0.465 e. The molecule has 0 spiro atoms. The van der Waals surface area contributed by atoms with Gasteiger partial charge in [-0.25, -0.2) is 4.79 Å². The number of nitrogens with one attached hydrogen (secondary N) is 2. The predicted octanol–water partition coefficient (Wildman–Crippen LogP) is -0.335. The fourth-order valence-corrected chi connectivity index (χ4v) is 0.592. The van der Waals surface area contributed by atoms with Gasteiger partial charge in [0.05, 0.1) is 12.7 Å². The van der Waals surface area contributed by atoms with E-state index in [0.29, 0.717) is 5.57 Å². The van der Waals surface area contributed by atoms with Crippen molar-refractivity contribution >= 4 is 5.97 Å². The second-order valence-corrected chi connectivity index (χ2v) is 1.71. The Morgan fingerprint density at radius 2 is 2.40 bits per heavy atom. The summed E-state index contributed by atoms with van der Waals surface area (Å²) in [6, 6.07) is 0. The number of methoxy groups -OCH3 is 1. The van der Waals surface area contributed by atoms with Crippen LogP contribution >= 0.6 is 0 Å². The summed E-state index contributed by atoms with van der Waals surface area (Å²) in [5.74, 6) is -0.342. The van der Waals surface area contributed by atoms with E-state index in [4.69, 9.17) is 0 Å². The highest BCUT2D eigenvalue weighted by molar-refractivity contribution is 5.91. The number of carbonyl (C=O) groups excluding carboxylic acids is 1. The van der Waals surface area contributed by atoms with Gasteiger partial charge >= 0.3 is 5.97 Å². The second-order valence-electron chi connectivity index (χ2n) is 1.71. The summed E-state index contributed by atoms with van der Waals surface area (Å²) >= 11 is 0. The van der Waals surface area contributed by atoms with Crippen molar-refractivity contribution in [3.63, 3.8) is 0 Å². The molecule has 0 saturated heterocycles. The zero-order chi connectivity index (χ0) is 7.40. The van der Waals surface area contributed by atoms with Crippen LogP contribution in [0.25, 0.3) is 0 Å². The van der Waals surface area contributed by atoms with E-state index in [1.807, 2.05) is 0 Å². The van der Waals surface area contributed by atoms with Crippen LogP contribution in [0.5, 0.6) is 0 Å². The maximum Gasteiger partial charge on any atom is 0.339 e. The van der Waals surface area contributed by atoms with Gasteiger partial charge in [0.25, 0.3) is 0 Å². The van der Waals surface area contributed by atoms with Gasteiger partial charge in [-0.3, -0.25) is 0 Å². The summed E-state index contributed by atoms with van der Waals surface area (Å²) in [6.07, 6.45) is 4.78. The van der Waals surface area contributed by atoms with E-state index in [1.165, 1.54) is 13.3 Å². The van der Waals surface area contributed by atoms with Crippen molar-refractivity contribution in [2.75, 3.05) is 7.11 Å². The van der Waals surface area contributed by atoms with Crippen LogP contribution in [-0.4, -0.2) is 13.1 Å². The topological polar surface area (TPSA) is 50.4 Å². The minimum atomic E-state index is -0.342. The average molecular weight is 140 g/mol. The largest absolute Gasteiger partial charge is 0.465 e. The summed E-state index contributed by atoms with van der Waals surface area (Å²) in [5, 5.41) is 0. The first kappa shape index (κ1) is 6.67. The van der Waals surface area contributed by atoms with Gasteiger partial charge in [-0.15, -0.1) is 0 Å². The maximum atomic E-state index is 10.8. The maximum absolute atomic E-state index is 10.8.